The molecule has 0 saturated carbocycles. The van der Waals surface area contributed by atoms with E-state index in [1.807, 2.05) is 19.1 Å². The van der Waals surface area contributed by atoms with Gasteiger partial charge in [-0.3, -0.25) is 15.0 Å². The van der Waals surface area contributed by atoms with Gasteiger partial charge in [0, 0.05) is 31.7 Å². The topological polar surface area (TPSA) is 58.4 Å². The Morgan fingerprint density at radius 1 is 1.45 bits per heavy atom. The van der Waals surface area contributed by atoms with Gasteiger partial charge < -0.3 is 5.32 Å². The van der Waals surface area contributed by atoms with Crippen molar-refractivity contribution >= 4 is 11.4 Å². The predicted octanol–water partition coefficient (Wildman–Crippen LogP) is 3.26. The van der Waals surface area contributed by atoms with Crippen LogP contribution < -0.4 is 5.32 Å². The van der Waals surface area contributed by atoms with E-state index in [-0.39, 0.29) is 10.6 Å². The van der Waals surface area contributed by atoms with Crippen LogP contribution in [0.2, 0.25) is 0 Å². The Balaban J connectivity index is 2.16. The van der Waals surface area contributed by atoms with Crippen molar-refractivity contribution in [3.05, 3.63) is 33.9 Å². The molecule has 1 aromatic rings. The molecule has 0 amide bonds. The molecule has 0 aromatic heterocycles. The molecule has 1 aromatic carbocycles. The second-order valence-corrected chi connectivity index (χ2v) is 5.76. The maximum atomic E-state index is 11.2. The van der Waals surface area contributed by atoms with Crippen LogP contribution in [-0.2, 0) is 6.54 Å². The van der Waals surface area contributed by atoms with E-state index >= 15 is 0 Å². The molecule has 0 bridgehead atoms. The molecule has 0 aliphatic carbocycles. The Bertz CT molecular complexity index is 490. The Morgan fingerprint density at radius 2 is 2.20 bits per heavy atom. The molecule has 1 heterocycles. The molecule has 2 unspecified atom stereocenters. The van der Waals surface area contributed by atoms with Crippen molar-refractivity contribution in [3.63, 3.8) is 0 Å². The highest BCUT2D eigenvalue weighted by molar-refractivity contribution is 5.62. The number of nitrogens with zero attached hydrogens (tertiary/aromatic N) is 2. The van der Waals surface area contributed by atoms with Gasteiger partial charge in [-0.05, 0) is 37.8 Å². The van der Waals surface area contributed by atoms with Gasteiger partial charge in [-0.1, -0.05) is 13.0 Å². The van der Waals surface area contributed by atoms with Gasteiger partial charge in [0.25, 0.3) is 5.69 Å². The van der Waals surface area contributed by atoms with Crippen molar-refractivity contribution in [1.29, 1.82) is 0 Å². The average Bonchev–Trinajstić information content (AvgIpc) is 2.69. The first-order chi connectivity index (χ1) is 9.51. The number of rotatable bonds is 5. The van der Waals surface area contributed by atoms with Gasteiger partial charge in [0.2, 0.25) is 0 Å². The molecule has 1 aliphatic heterocycles. The number of nitrogens with one attached hydrogen (secondary N) is 1. The molecule has 0 radical (unpaired) electrons. The normalized spacial score (nSPS) is 22.9. The summed E-state index contributed by atoms with van der Waals surface area (Å²) < 4.78 is 0. The van der Waals surface area contributed by atoms with E-state index in [0.29, 0.717) is 24.2 Å². The van der Waals surface area contributed by atoms with Crippen LogP contribution in [0.4, 0.5) is 11.4 Å². The maximum Gasteiger partial charge on any atom is 0.292 e. The SMILES string of the molecule is CCNc1ccc(CN2CC(C)CC2C)cc1[N+](=O)[O-]. The first-order valence-electron chi connectivity index (χ1n) is 7.26. The van der Waals surface area contributed by atoms with E-state index in [1.54, 1.807) is 6.07 Å². The fraction of sp³-hybridized carbons (Fsp3) is 0.600. The van der Waals surface area contributed by atoms with Crippen LogP contribution in [-0.4, -0.2) is 29.0 Å². The lowest BCUT2D eigenvalue weighted by molar-refractivity contribution is -0.384. The van der Waals surface area contributed by atoms with Crippen molar-refractivity contribution in [1.82, 2.24) is 4.90 Å². The van der Waals surface area contributed by atoms with Crippen LogP contribution in [0.1, 0.15) is 32.8 Å². The van der Waals surface area contributed by atoms with E-state index in [1.165, 1.54) is 6.42 Å². The Labute approximate surface area is 120 Å². The highest BCUT2D eigenvalue weighted by atomic mass is 16.6. The second kappa shape index (κ2) is 6.22. The standard InChI is InChI=1S/C15H23N3O2/c1-4-16-14-6-5-13(8-15(14)18(19)20)10-17-9-11(2)7-12(17)3/h5-6,8,11-12,16H,4,7,9-10H2,1-3H3. The highest BCUT2D eigenvalue weighted by Crippen LogP contribution is 2.28. The third-order valence-electron chi connectivity index (χ3n) is 3.92. The number of hydrogen-bond donors (Lipinski definition) is 1. The minimum absolute atomic E-state index is 0.171. The van der Waals surface area contributed by atoms with Gasteiger partial charge in [-0.15, -0.1) is 0 Å². The van der Waals surface area contributed by atoms with Gasteiger partial charge >= 0.3 is 0 Å². The molecule has 110 valence electrons. The number of nitro benzene ring substituents is 1. The van der Waals surface area contributed by atoms with Crippen LogP contribution in [0.25, 0.3) is 0 Å². The fourth-order valence-electron chi connectivity index (χ4n) is 3.01. The zero-order valence-electron chi connectivity index (χ0n) is 12.4. The summed E-state index contributed by atoms with van der Waals surface area (Å²) in [4.78, 5) is 13.2. The van der Waals surface area contributed by atoms with E-state index in [0.717, 1.165) is 18.7 Å². The molecule has 5 nitrogen and oxygen atoms in total. The minimum atomic E-state index is -0.308. The predicted molar refractivity (Wildman–Crippen MR) is 80.9 cm³/mol. The van der Waals surface area contributed by atoms with Gasteiger partial charge in [-0.25, -0.2) is 0 Å². The number of nitro groups is 1. The monoisotopic (exact) mass is 277 g/mol. The molecule has 0 spiro atoms. The lowest BCUT2D eigenvalue weighted by Gasteiger charge is -2.21. The third-order valence-corrected chi connectivity index (χ3v) is 3.92. The van der Waals surface area contributed by atoms with Gasteiger partial charge in [0.05, 0.1) is 4.92 Å². The zero-order valence-corrected chi connectivity index (χ0v) is 12.4. The summed E-state index contributed by atoms with van der Waals surface area (Å²) in [6.07, 6.45) is 1.21. The van der Waals surface area contributed by atoms with Crippen molar-refractivity contribution < 1.29 is 4.92 Å². The summed E-state index contributed by atoms with van der Waals surface area (Å²) in [6.45, 7) is 8.96. The van der Waals surface area contributed by atoms with Crippen molar-refractivity contribution in [2.24, 2.45) is 5.92 Å². The molecule has 1 N–H and O–H groups in total. The van der Waals surface area contributed by atoms with Crippen molar-refractivity contribution in [2.75, 3.05) is 18.4 Å². The molecular formula is C15H23N3O2. The molecule has 1 fully saturated rings. The number of likely N-dealkylation sites (tertiary alicyclic amines) is 1. The quantitative estimate of drug-likeness (QED) is 0.663. The zero-order chi connectivity index (χ0) is 14.7. The number of hydrogen-bond acceptors (Lipinski definition) is 4. The molecule has 20 heavy (non-hydrogen) atoms. The van der Waals surface area contributed by atoms with E-state index in [2.05, 4.69) is 24.1 Å². The van der Waals surface area contributed by atoms with Crippen molar-refractivity contribution in [3.8, 4) is 0 Å². The summed E-state index contributed by atoms with van der Waals surface area (Å²) in [5.74, 6) is 0.709. The van der Waals surface area contributed by atoms with Gasteiger partial charge in [0.1, 0.15) is 5.69 Å². The van der Waals surface area contributed by atoms with Crippen LogP contribution in [0.5, 0.6) is 0 Å². The minimum Gasteiger partial charge on any atom is -0.380 e. The summed E-state index contributed by atoms with van der Waals surface area (Å²) >= 11 is 0. The summed E-state index contributed by atoms with van der Waals surface area (Å²) in [6, 6.07) is 6.06. The van der Waals surface area contributed by atoms with Crippen LogP contribution in [0.3, 0.4) is 0 Å². The van der Waals surface area contributed by atoms with Crippen molar-refractivity contribution in [2.45, 2.75) is 39.8 Å². The Hall–Kier alpha value is -1.62. The molecule has 1 saturated heterocycles. The van der Waals surface area contributed by atoms with Gasteiger partial charge in [0.15, 0.2) is 0 Å². The molecule has 5 heteroatoms. The smallest absolute Gasteiger partial charge is 0.292 e. The average molecular weight is 277 g/mol. The molecule has 2 atom stereocenters. The Morgan fingerprint density at radius 3 is 2.75 bits per heavy atom. The first-order valence-corrected chi connectivity index (χ1v) is 7.26. The second-order valence-electron chi connectivity index (χ2n) is 5.76. The lowest BCUT2D eigenvalue weighted by Crippen LogP contribution is -2.26. The maximum absolute atomic E-state index is 11.2. The van der Waals surface area contributed by atoms with Crippen LogP contribution >= 0.6 is 0 Å². The summed E-state index contributed by atoms with van der Waals surface area (Å²) in [5.41, 5.74) is 1.78. The van der Waals surface area contributed by atoms with Crippen LogP contribution in [0.15, 0.2) is 18.2 Å². The highest BCUT2D eigenvalue weighted by Gasteiger charge is 2.26. The molecule has 2 rings (SSSR count). The molecule has 1 aliphatic rings. The van der Waals surface area contributed by atoms with E-state index in [9.17, 15) is 10.1 Å². The lowest BCUT2D eigenvalue weighted by atomic mass is 10.1. The van der Waals surface area contributed by atoms with Crippen LogP contribution in [0, 0.1) is 16.0 Å². The number of anilines is 1. The van der Waals surface area contributed by atoms with E-state index < -0.39 is 0 Å². The van der Waals surface area contributed by atoms with Gasteiger partial charge in [-0.2, -0.15) is 0 Å². The number of benzene rings is 1. The largest absolute Gasteiger partial charge is 0.380 e. The first kappa shape index (κ1) is 14.8. The summed E-state index contributed by atoms with van der Waals surface area (Å²) in [7, 11) is 0. The third kappa shape index (κ3) is 3.28. The Kier molecular flexibility index (Phi) is 4.60. The molecular weight excluding hydrogens is 254 g/mol. The summed E-state index contributed by atoms with van der Waals surface area (Å²) in [5, 5.41) is 14.2. The van der Waals surface area contributed by atoms with E-state index in [4.69, 9.17) is 0 Å². The fourth-order valence-corrected chi connectivity index (χ4v) is 3.01.